The molecule has 0 unspecified atom stereocenters. The molecule has 104 valence electrons. The normalized spacial score (nSPS) is 10.2. The fourth-order valence-corrected chi connectivity index (χ4v) is 1.66. The zero-order chi connectivity index (χ0) is 14.5. The van der Waals surface area contributed by atoms with Gasteiger partial charge in [-0.25, -0.2) is 8.78 Å². The monoisotopic (exact) mass is 276 g/mol. The molecule has 5 heteroatoms. The fraction of sp³-hybridized carbons (Fsp3) is 0.133. The number of hydrogen-bond acceptors (Lipinski definition) is 2. The van der Waals surface area contributed by atoms with E-state index in [1.54, 1.807) is 31.2 Å². The van der Waals surface area contributed by atoms with Gasteiger partial charge in [0.15, 0.2) is 0 Å². The molecule has 3 nitrogen and oxygen atoms in total. The van der Waals surface area contributed by atoms with Gasteiger partial charge in [0.25, 0.3) is 0 Å². The van der Waals surface area contributed by atoms with Crippen LogP contribution in [0.5, 0.6) is 0 Å². The van der Waals surface area contributed by atoms with Crippen LogP contribution in [0.4, 0.5) is 20.2 Å². The van der Waals surface area contributed by atoms with Gasteiger partial charge in [-0.05, 0) is 42.8 Å². The number of nitrogens with one attached hydrogen (secondary N) is 2. The van der Waals surface area contributed by atoms with Crippen molar-refractivity contribution in [2.24, 2.45) is 0 Å². The average Bonchev–Trinajstić information content (AvgIpc) is 2.41. The molecule has 0 saturated heterocycles. The summed E-state index contributed by atoms with van der Waals surface area (Å²) in [5.74, 6) is -1.09. The van der Waals surface area contributed by atoms with E-state index >= 15 is 0 Å². The first kappa shape index (κ1) is 14.0. The second-order valence-electron chi connectivity index (χ2n) is 4.38. The van der Waals surface area contributed by atoms with E-state index < -0.39 is 0 Å². The number of hydrogen-bond donors (Lipinski definition) is 2. The Labute approximate surface area is 115 Å². The largest absolute Gasteiger partial charge is 0.376 e. The Bertz CT molecular complexity index is 629. The highest BCUT2D eigenvalue weighted by atomic mass is 19.1. The van der Waals surface area contributed by atoms with E-state index in [0.717, 1.165) is 0 Å². The van der Waals surface area contributed by atoms with Crippen molar-refractivity contribution in [3.05, 3.63) is 59.7 Å². The van der Waals surface area contributed by atoms with Crippen molar-refractivity contribution in [1.82, 2.24) is 0 Å². The number of halogens is 2. The molecule has 2 aromatic carbocycles. The number of anilines is 2. The van der Waals surface area contributed by atoms with Gasteiger partial charge in [0.1, 0.15) is 11.6 Å². The molecule has 0 aliphatic rings. The molecular formula is C15H14F2N2O. The molecule has 20 heavy (non-hydrogen) atoms. The van der Waals surface area contributed by atoms with Crippen LogP contribution < -0.4 is 10.6 Å². The number of carbonyl (C=O) groups excluding carboxylic acids is 1. The maximum Gasteiger partial charge on any atom is 0.243 e. The highest BCUT2D eigenvalue weighted by molar-refractivity contribution is 5.93. The summed E-state index contributed by atoms with van der Waals surface area (Å²) in [6, 6.07) is 10.3. The molecule has 0 fully saturated rings. The van der Waals surface area contributed by atoms with E-state index in [4.69, 9.17) is 0 Å². The van der Waals surface area contributed by atoms with Gasteiger partial charge in [-0.15, -0.1) is 0 Å². The molecule has 0 heterocycles. The molecule has 0 aromatic heterocycles. The van der Waals surface area contributed by atoms with Gasteiger partial charge in [-0.3, -0.25) is 4.79 Å². The minimum atomic E-state index is -0.379. The maximum atomic E-state index is 13.3. The van der Waals surface area contributed by atoms with Crippen LogP contribution in [0.2, 0.25) is 0 Å². The molecular weight excluding hydrogens is 262 g/mol. The first-order chi connectivity index (χ1) is 9.54. The Balaban J connectivity index is 1.91. The summed E-state index contributed by atoms with van der Waals surface area (Å²) >= 11 is 0. The van der Waals surface area contributed by atoms with Gasteiger partial charge >= 0.3 is 0 Å². The molecule has 0 bridgehead atoms. The minimum absolute atomic E-state index is 0.0288. The number of benzene rings is 2. The quantitative estimate of drug-likeness (QED) is 0.899. The second-order valence-corrected chi connectivity index (χ2v) is 4.38. The van der Waals surface area contributed by atoms with Crippen LogP contribution in [-0.4, -0.2) is 12.5 Å². The van der Waals surface area contributed by atoms with Crippen LogP contribution in [-0.2, 0) is 4.79 Å². The summed E-state index contributed by atoms with van der Waals surface area (Å²) in [6.45, 7) is 1.62. The van der Waals surface area contributed by atoms with E-state index in [9.17, 15) is 13.6 Å². The van der Waals surface area contributed by atoms with Crippen molar-refractivity contribution in [2.45, 2.75) is 6.92 Å². The molecule has 2 N–H and O–H groups in total. The van der Waals surface area contributed by atoms with Crippen molar-refractivity contribution in [1.29, 1.82) is 0 Å². The highest BCUT2D eigenvalue weighted by Crippen LogP contribution is 2.13. The van der Waals surface area contributed by atoms with Crippen LogP contribution >= 0.6 is 0 Å². The zero-order valence-electron chi connectivity index (χ0n) is 10.9. The molecule has 0 saturated carbocycles. The summed E-state index contributed by atoms with van der Waals surface area (Å²) in [5, 5.41) is 5.35. The molecule has 0 atom stereocenters. The first-order valence-electron chi connectivity index (χ1n) is 6.10. The van der Waals surface area contributed by atoms with Crippen molar-refractivity contribution < 1.29 is 13.6 Å². The summed E-state index contributed by atoms with van der Waals surface area (Å²) in [6.07, 6.45) is 0. The highest BCUT2D eigenvalue weighted by Gasteiger charge is 2.05. The van der Waals surface area contributed by atoms with E-state index in [1.165, 1.54) is 18.2 Å². The van der Waals surface area contributed by atoms with Crippen LogP contribution in [0.25, 0.3) is 0 Å². The van der Waals surface area contributed by atoms with Gasteiger partial charge in [-0.1, -0.05) is 12.1 Å². The standard InChI is InChI=1S/C15H14F2N2O/c1-10-5-6-13(8-14(10)17)19-15(20)9-18-12-4-2-3-11(16)7-12/h2-8,18H,9H2,1H3,(H,19,20). The SMILES string of the molecule is Cc1ccc(NC(=O)CNc2cccc(F)c2)cc1F. The minimum Gasteiger partial charge on any atom is -0.376 e. The summed E-state index contributed by atoms with van der Waals surface area (Å²) in [4.78, 5) is 11.7. The second kappa shape index (κ2) is 6.14. The predicted octanol–water partition coefficient (Wildman–Crippen LogP) is 3.32. The first-order valence-corrected chi connectivity index (χ1v) is 6.10. The van der Waals surface area contributed by atoms with Crippen LogP contribution in [0.1, 0.15) is 5.56 Å². The summed E-state index contributed by atoms with van der Waals surface area (Å²) < 4.78 is 26.3. The number of rotatable bonds is 4. The van der Waals surface area contributed by atoms with E-state index in [1.807, 2.05) is 0 Å². The molecule has 0 spiro atoms. The van der Waals surface area contributed by atoms with Gasteiger partial charge in [-0.2, -0.15) is 0 Å². The van der Waals surface area contributed by atoms with E-state index in [0.29, 0.717) is 16.9 Å². The summed E-state index contributed by atoms with van der Waals surface area (Å²) in [7, 11) is 0. The van der Waals surface area contributed by atoms with Crippen LogP contribution in [0, 0.1) is 18.6 Å². The predicted molar refractivity (Wildman–Crippen MR) is 74.7 cm³/mol. The Morgan fingerprint density at radius 1 is 1.10 bits per heavy atom. The number of aryl methyl sites for hydroxylation is 1. The van der Waals surface area contributed by atoms with Gasteiger partial charge < -0.3 is 10.6 Å². The zero-order valence-corrected chi connectivity index (χ0v) is 10.9. The third-order valence-electron chi connectivity index (χ3n) is 2.73. The van der Waals surface area contributed by atoms with Gasteiger partial charge in [0.05, 0.1) is 6.54 Å². The van der Waals surface area contributed by atoms with Gasteiger partial charge in [0.2, 0.25) is 5.91 Å². The lowest BCUT2D eigenvalue weighted by molar-refractivity contribution is -0.114. The molecule has 0 aliphatic carbocycles. The van der Waals surface area contributed by atoms with E-state index in [-0.39, 0.29) is 24.1 Å². The molecule has 1 amide bonds. The lowest BCUT2D eigenvalue weighted by Crippen LogP contribution is -2.21. The smallest absolute Gasteiger partial charge is 0.243 e. The third-order valence-corrected chi connectivity index (χ3v) is 2.73. The number of carbonyl (C=O) groups is 1. The Hall–Kier alpha value is -2.43. The van der Waals surface area contributed by atoms with Crippen molar-refractivity contribution in [3.63, 3.8) is 0 Å². The Morgan fingerprint density at radius 3 is 2.60 bits per heavy atom. The Morgan fingerprint density at radius 2 is 1.90 bits per heavy atom. The maximum absolute atomic E-state index is 13.3. The third kappa shape index (κ3) is 3.78. The topological polar surface area (TPSA) is 41.1 Å². The van der Waals surface area contributed by atoms with E-state index in [2.05, 4.69) is 10.6 Å². The van der Waals surface area contributed by atoms with Crippen LogP contribution in [0.3, 0.4) is 0 Å². The van der Waals surface area contributed by atoms with Crippen molar-refractivity contribution >= 4 is 17.3 Å². The van der Waals surface area contributed by atoms with Crippen LogP contribution in [0.15, 0.2) is 42.5 Å². The fourth-order valence-electron chi connectivity index (χ4n) is 1.66. The van der Waals surface area contributed by atoms with Crippen molar-refractivity contribution in [2.75, 3.05) is 17.2 Å². The summed E-state index contributed by atoms with van der Waals surface area (Å²) in [5.41, 5.74) is 1.41. The lowest BCUT2D eigenvalue weighted by Gasteiger charge is -2.08. The van der Waals surface area contributed by atoms with Crippen molar-refractivity contribution in [3.8, 4) is 0 Å². The average molecular weight is 276 g/mol. The Kier molecular flexibility index (Phi) is 4.30. The molecule has 0 aliphatic heterocycles. The molecule has 2 rings (SSSR count). The lowest BCUT2D eigenvalue weighted by atomic mass is 10.2. The van der Waals surface area contributed by atoms with Gasteiger partial charge in [0, 0.05) is 11.4 Å². The molecule has 2 aromatic rings. The number of amides is 1. The molecule has 0 radical (unpaired) electrons.